The number of carbonyl (C=O) groups excluding carboxylic acids is 3. The maximum absolute atomic E-state index is 14.2. The number of hydrogen-bond acceptors (Lipinski definition) is 4. The molecule has 1 unspecified atom stereocenters. The third-order valence-corrected chi connectivity index (χ3v) is 5.48. The van der Waals surface area contributed by atoms with Crippen molar-refractivity contribution in [1.29, 1.82) is 0 Å². The molecular formula is C21H20F2N4O3. The van der Waals surface area contributed by atoms with E-state index < -0.39 is 23.8 Å². The molecule has 0 aromatic heterocycles. The normalized spacial score (nSPS) is 22.3. The average molecular weight is 414 g/mol. The van der Waals surface area contributed by atoms with Crippen LogP contribution in [0.5, 0.6) is 0 Å². The summed E-state index contributed by atoms with van der Waals surface area (Å²) >= 11 is 0. The lowest BCUT2D eigenvalue weighted by Gasteiger charge is -2.53. The van der Waals surface area contributed by atoms with Gasteiger partial charge in [-0.25, -0.2) is 13.8 Å². The Labute approximate surface area is 172 Å². The van der Waals surface area contributed by atoms with Crippen LogP contribution in [-0.2, 0) is 20.9 Å². The first-order chi connectivity index (χ1) is 14.4. The molecule has 2 aromatic rings. The summed E-state index contributed by atoms with van der Waals surface area (Å²) in [5, 5.41) is 2.85. The third kappa shape index (κ3) is 3.41. The van der Waals surface area contributed by atoms with Gasteiger partial charge in [-0.15, -0.1) is 0 Å². The topological polar surface area (TPSA) is 64.2 Å². The van der Waals surface area contributed by atoms with Crippen LogP contribution in [0.25, 0.3) is 0 Å². The number of nitrogens with zero attached hydrogens (tertiary/aromatic N) is 4. The molecule has 2 atom stereocenters. The summed E-state index contributed by atoms with van der Waals surface area (Å²) < 4.78 is 27.5. The van der Waals surface area contributed by atoms with Crippen LogP contribution in [0.15, 0.2) is 48.5 Å². The molecule has 30 heavy (non-hydrogen) atoms. The van der Waals surface area contributed by atoms with E-state index in [1.807, 2.05) is 0 Å². The summed E-state index contributed by atoms with van der Waals surface area (Å²) in [6, 6.07) is 11.0. The molecule has 2 heterocycles. The molecule has 2 aliphatic rings. The first-order valence-corrected chi connectivity index (χ1v) is 9.44. The molecular weight excluding hydrogens is 394 g/mol. The molecule has 0 radical (unpaired) electrons. The largest absolute Gasteiger partial charge is 0.332 e. The van der Waals surface area contributed by atoms with Gasteiger partial charge in [0.25, 0.3) is 5.91 Å². The van der Waals surface area contributed by atoms with Gasteiger partial charge in [0, 0.05) is 25.2 Å². The van der Waals surface area contributed by atoms with Crippen molar-refractivity contribution >= 4 is 18.2 Å². The SMILES string of the molecule is CN1CC(=O)N2C(CN(Cc3ccc(F)cc3F)C(=O)[C@@H]2c2ccccc2)N1C=O. The third-order valence-electron chi connectivity index (χ3n) is 5.48. The summed E-state index contributed by atoms with van der Waals surface area (Å²) in [4.78, 5) is 40.8. The minimum atomic E-state index is -0.947. The molecule has 9 heteroatoms. The number of hydrogen-bond donors (Lipinski definition) is 0. The fraction of sp³-hybridized carbons (Fsp3) is 0.286. The first-order valence-electron chi connectivity index (χ1n) is 9.44. The second-order valence-corrected chi connectivity index (χ2v) is 7.35. The lowest BCUT2D eigenvalue weighted by molar-refractivity contribution is -0.197. The summed E-state index contributed by atoms with van der Waals surface area (Å²) in [7, 11) is 1.61. The minimum Gasteiger partial charge on any atom is -0.332 e. The highest BCUT2D eigenvalue weighted by Crippen LogP contribution is 2.34. The molecule has 2 aliphatic heterocycles. The van der Waals surface area contributed by atoms with Crippen molar-refractivity contribution in [3.63, 3.8) is 0 Å². The monoisotopic (exact) mass is 414 g/mol. The standard InChI is InChI=1S/C21H20F2N4O3/c1-24-12-19(29)27-18(26(24)13-28)11-25(10-15-7-8-16(22)9-17(15)23)21(30)20(27)14-5-3-2-4-6-14/h2-9,13,18,20H,10-12H2,1H3/t18?,20-/m0/s1. The molecule has 7 nitrogen and oxygen atoms in total. The predicted molar refractivity (Wildman–Crippen MR) is 102 cm³/mol. The van der Waals surface area contributed by atoms with Crippen LogP contribution in [0, 0.1) is 11.6 Å². The first kappa shape index (κ1) is 20.0. The van der Waals surface area contributed by atoms with Crippen LogP contribution in [-0.4, -0.2) is 64.3 Å². The van der Waals surface area contributed by atoms with Gasteiger partial charge in [-0.1, -0.05) is 36.4 Å². The molecule has 2 aromatic carbocycles. The molecule has 0 spiro atoms. The van der Waals surface area contributed by atoms with Gasteiger partial charge >= 0.3 is 0 Å². The summed E-state index contributed by atoms with van der Waals surface area (Å²) in [6.07, 6.45) is -0.126. The number of benzene rings is 2. The van der Waals surface area contributed by atoms with Crippen LogP contribution in [0.1, 0.15) is 17.2 Å². The molecule has 2 saturated heterocycles. The van der Waals surface area contributed by atoms with E-state index in [9.17, 15) is 23.2 Å². The number of piperazine rings is 1. The molecule has 2 fully saturated rings. The van der Waals surface area contributed by atoms with E-state index >= 15 is 0 Å². The van der Waals surface area contributed by atoms with E-state index in [1.54, 1.807) is 37.4 Å². The van der Waals surface area contributed by atoms with Gasteiger partial charge in [-0.05, 0) is 11.6 Å². The highest BCUT2D eigenvalue weighted by Gasteiger charge is 2.49. The maximum Gasteiger partial charge on any atom is 0.250 e. The molecule has 4 rings (SSSR count). The van der Waals surface area contributed by atoms with E-state index in [0.717, 1.165) is 12.1 Å². The van der Waals surface area contributed by atoms with Crippen molar-refractivity contribution < 1.29 is 23.2 Å². The van der Waals surface area contributed by atoms with Gasteiger partial charge in [0.1, 0.15) is 23.8 Å². The van der Waals surface area contributed by atoms with Crippen LogP contribution >= 0.6 is 0 Å². The highest BCUT2D eigenvalue weighted by molar-refractivity contribution is 5.91. The minimum absolute atomic E-state index is 0.00774. The lowest BCUT2D eigenvalue weighted by atomic mass is 9.98. The van der Waals surface area contributed by atoms with Crippen LogP contribution in [0.2, 0.25) is 0 Å². The Morgan fingerprint density at radius 1 is 1.10 bits per heavy atom. The van der Waals surface area contributed by atoms with Gasteiger partial charge in [0.05, 0.1) is 13.1 Å². The van der Waals surface area contributed by atoms with Crippen molar-refractivity contribution in [2.45, 2.75) is 18.8 Å². The number of hydrazine groups is 1. The molecule has 156 valence electrons. The van der Waals surface area contributed by atoms with Crippen LogP contribution in [0.4, 0.5) is 8.78 Å². The Morgan fingerprint density at radius 2 is 1.83 bits per heavy atom. The van der Waals surface area contributed by atoms with Gasteiger partial charge in [-0.2, -0.15) is 0 Å². The van der Waals surface area contributed by atoms with E-state index in [-0.39, 0.29) is 37.0 Å². The van der Waals surface area contributed by atoms with E-state index in [4.69, 9.17) is 0 Å². The van der Waals surface area contributed by atoms with Gasteiger partial charge in [-0.3, -0.25) is 19.4 Å². The van der Waals surface area contributed by atoms with Crippen molar-refractivity contribution in [3.8, 4) is 0 Å². The second kappa shape index (κ2) is 7.83. The van der Waals surface area contributed by atoms with Crippen molar-refractivity contribution in [2.75, 3.05) is 20.1 Å². The zero-order chi connectivity index (χ0) is 21.4. The zero-order valence-electron chi connectivity index (χ0n) is 16.2. The Kier molecular flexibility index (Phi) is 5.21. The Bertz CT molecular complexity index is 987. The van der Waals surface area contributed by atoms with Gasteiger partial charge < -0.3 is 9.80 Å². The van der Waals surface area contributed by atoms with E-state index in [1.165, 1.54) is 25.9 Å². The van der Waals surface area contributed by atoms with Crippen molar-refractivity contribution in [1.82, 2.24) is 19.8 Å². The average Bonchev–Trinajstić information content (AvgIpc) is 2.72. The molecule has 0 saturated carbocycles. The summed E-state index contributed by atoms with van der Waals surface area (Å²) in [5.74, 6) is -2.13. The van der Waals surface area contributed by atoms with Crippen molar-refractivity contribution in [3.05, 3.63) is 71.3 Å². The quantitative estimate of drug-likeness (QED) is 0.712. The van der Waals surface area contributed by atoms with Crippen molar-refractivity contribution in [2.24, 2.45) is 0 Å². The van der Waals surface area contributed by atoms with Gasteiger partial charge in [0.15, 0.2) is 0 Å². The molecule has 0 bridgehead atoms. The van der Waals surface area contributed by atoms with E-state index in [2.05, 4.69) is 0 Å². The highest BCUT2D eigenvalue weighted by atomic mass is 19.1. The van der Waals surface area contributed by atoms with Gasteiger partial charge in [0.2, 0.25) is 12.3 Å². The number of fused-ring (bicyclic) bond motifs is 1. The molecule has 0 N–H and O–H groups in total. The van der Waals surface area contributed by atoms with Crippen LogP contribution in [0.3, 0.4) is 0 Å². The summed E-state index contributed by atoms with van der Waals surface area (Å²) in [6.45, 7) is -0.143. The summed E-state index contributed by atoms with van der Waals surface area (Å²) in [5.41, 5.74) is 0.749. The smallest absolute Gasteiger partial charge is 0.250 e. The Balaban J connectivity index is 1.75. The number of likely N-dealkylation sites (N-methyl/N-ethyl adjacent to an activating group) is 1. The number of amides is 3. The number of carbonyl (C=O) groups is 3. The fourth-order valence-electron chi connectivity index (χ4n) is 4.03. The second-order valence-electron chi connectivity index (χ2n) is 7.35. The predicted octanol–water partition coefficient (Wildman–Crippen LogP) is 1.52. The lowest BCUT2D eigenvalue weighted by Crippen LogP contribution is -2.71. The van der Waals surface area contributed by atoms with E-state index in [0.29, 0.717) is 12.0 Å². The Morgan fingerprint density at radius 3 is 2.50 bits per heavy atom. The number of halogens is 2. The Hall–Kier alpha value is -3.33. The zero-order valence-corrected chi connectivity index (χ0v) is 16.2. The molecule has 0 aliphatic carbocycles. The fourth-order valence-corrected chi connectivity index (χ4v) is 4.03. The molecule has 3 amide bonds. The maximum atomic E-state index is 14.2. The number of rotatable bonds is 4. The van der Waals surface area contributed by atoms with Crippen LogP contribution < -0.4 is 0 Å².